The quantitative estimate of drug-likeness (QED) is 0.833. The van der Waals surface area contributed by atoms with Gasteiger partial charge in [0, 0.05) is 35.8 Å². The number of ether oxygens (including phenoxy) is 1. The van der Waals surface area contributed by atoms with Crippen LogP contribution in [0.5, 0.6) is 0 Å². The average Bonchev–Trinajstić information content (AvgIpc) is 2.53. The molecule has 0 bridgehead atoms. The van der Waals surface area contributed by atoms with Crippen molar-refractivity contribution >= 4 is 17.4 Å². The predicted molar refractivity (Wildman–Crippen MR) is 95.7 cm³/mol. The summed E-state index contributed by atoms with van der Waals surface area (Å²) in [6.45, 7) is 4.40. The summed E-state index contributed by atoms with van der Waals surface area (Å²) in [6.07, 6.45) is 3.76. The second kappa shape index (κ2) is 6.69. The van der Waals surface area contributed by atoms with Gasteiger partial charge in [0.2, 0.25) is 0 Å². The second-order valence-corrected chi connectivity index (χ2v) is 7.15. The maximum atomic E-state index is 6.13. The van der Waals surface area contributed by atoms with Crippen molar-refractivity contribution in [1.82, 2.24) is 9.97 Å². The van der Waals surface area contributed by atoms with E-state index in [2.05, 4.69) is 28.9 Å². The van der Waals surface area contributed by atoms with Crippen molar-refractivity contribution in [3.63, 3.8) is 0 Å². The van der Waals surface area contributed by atoms with Crippen LogP contribution in [0.25, 0.3) is 0 Å². The molecule has 1 saturated heterocycles. The van der Waals surface area contributed by atoms with Crippen molar-refractivity contribution in [2.75, 3.05) is 24.6 Å². The molecular weight excluding hydrogens is 322 g/mol. The summed E-state index contributed by atoms with van der Waals surface area (Å²) in [5.41, 5.74) is 2.17. The number of anilines is 1. The van der Waals surface area contributed by atoms with Gasteiger partial charge in [0.15, 0.2) is 0 Å². The van der Waals surface area contributed by atoms with Crippen LogP contribution < -0.4 is 4.90 Å². The topological polar surface area (TPSA) is 38.2 Å². The van der Waals surface area contributed by atoms with Gasteiger partial charge in [-0.3, -0.25) is 0 Å². The molecule has 0 spiro atoms. The van der Waals surface area contributed by atoms with Crippen LogP contribution in [0.2, 0.25) is 5.02 Å². The molecule has 0 amide bonds. The highest BCUT2D eigenvalue weighted by molar-refractivity contribution is 6.30. The Balaban J connectivity index is 1.56. The Labute approximate surface area is 147 Å². The average molecular weight is 344 g/mol. The second-order valence-electron chi connectivity index (χ2n) is 6.71. The van der Waals surface area contributed by atoms with Gasteiger partial charge >= 0.3 is 0 Å². The Morgan fingerprint density at radius 1 is 1.21 bits per heavy atom. The summed E-state index contributed by atoms with van der Waals surface area (Å²) >= 11 is 6.13. The van der Waals surface area contributed by atoms with Crippen molar-refractivity contribution in [2.24, 2.45) is 0 Å². The number of morpholine rings is 1. The molecule has 24 heavy (non-hydrogen) atoms. The molecule has 2 fully saturated rings. The van der Waals surface area contributed by atoms with E-state index in [1.807, 2.05) is 18.2 Å². The molecule has 2 aliphatic rings. The van der Waals surface area contributed by atoms with E-state index in [4.69, 9.17) is 21.3 Å². The lowest BCUT2D eigenvalue weighted by molar-refractivity contribution is 0.0395. The Kier molecular flexibility index (Phi) is 4.42. The molecule has 0 N–H and O–H groups in total. The highest BCUT2D eigenvalue weighted by Crippen LogP contribution is 2.35. The SMILES string of the molecule is Cc1cc(N2CCOC(c3cccc(Cl)c3)C2)nc(C2CCC2)n1. The molecule has 1 aliphatic heterocycles. The normalized spacial score (nSPS) is 21.6. The van der Waals surface area contributed by atoms with Crippen molar-refractivity contribution < 1.29 is 4.74 Å². The number of benzene rings is 1. The van der Waals surface area contributed by atoms with Crippen LogP contribution in [-0.4, -0.2) is 29.7 Å². The summed E-state index contributed by atoms with van der Waals surface area (Å²) < 4.78 is 5.97. The minimum Gasteiger partial charge on any atom is -0.370 e. The fourth-order valence-corrected chi connectivity index (χ4v) is 3.55. The smallest absolute Gasteiger partial charge is 0.134 e. The summed E-state index contributed by atoms with van der Waals surface area (Å²) in [5, 5.41) is 0.748. The van der Waals surface area contributed by atoms with Crippen LogP contribution in [0.4, 0.5) is 5.82 Å². The first-order valence-corrected chi connectivity index (χ1v) is 9.04. The van der Waals surface area contributed by atoms with Crippen LogP contribution in [0.3, 0.4) is 0 Å². The van der Waals surface area contributed by atoms with Crippen LogP contribution in [0.15, 0.2) is 30.3 Å². The van der Waals surface area contributed by atoms with Gasteiger partial charge in [-0.1, -0.05) is 30.2 Å². The molecule has 0 radical (unpaired) electrons. The lowest BCUT2D eigenvalue weighted by Gasteiger charge is -2.35. The lowest BCUT2D eigenvalue weighted by Crippen LogP contribution is -2.39. The van der Waals surface area contributed by atoms with E-state index in [1.165, 1.54) is 19.3 Å². The number of nitrogens with zero attached hydrogens (tertiary/aromatic N) is 3. The Hall–Kier alpha value is -1.65. The molecule has 1 aromatic heterocycles. The summed E-state index contributed by atoms with van der Waals surface area (Å²) in [5.74, 6) is 2.59. The minimum absolute atomic E-state index is 0.0277. The minimum atomic E-state index is 0.0277. The third-order valence-corrected chi connectivity index (χ3v) is 5.17. The van der Waals surface area contributed by atoms with Crippen molar-refractivity contribution in [3.05, 3.63) is 52.4 Å². The van der Waals surface area contributed by atoms with Gasteiger partial charge in [-0.25, -0.2) is 9.97 Å². The van der Waals surface area contributed by atoms with Gasteiger partial charge in [0.1, 0.15) is 17.7 Å². The Bertz CT molecular complexity index is 732. The van der Waals surface area contributed by atoms with E-state index in [0.717, 1.165) is 41.0 Å². The number of hydrogen-bond acceptors (Lipinski definition) is 4. The maximum Gasteiger partial charge on any atom is 0.134 e. The Morgan fingerprint density at radius 3 is 2.83 bits per heavy atom. The zero-order valence-corrected chi connectivity index (χ0v) is 14.7. The maximum absolute atomic E-state index is 6.13. The molecule has 1 aromatic carbocycles. The first kappa shape index (κ1) is 15.9. The molecule has 1 saturated carbocycles. The van der Waals surface area contributed by atoms with E-state index < -0.39 is 0 Å². The van der Waals surface area contributed by atoms with Crippen LogP contribution in [0, 0.1) is 6.92 Å². The van der Waals surface area contributed by atoms with Crippen molar-refractivity contribution in [3.8, 4) is 0 Å². The van der Waals surface area contributed by atoms with E-state index in [0.29, 0.717) is 12.5 Å². The molecule has 1 atom stereocenters. The zero-order chi connectivity index (χ0) is 16.5. The molecule has 4 nitrogen and oxygen atoms in total. The van der Waals surface area contributed by atoms with Gasteiger partial charge in [-0.15, -0.1) is 0 Å². The molecular formula is C19H22ClN3O. The van der Waals surface area contributed by atoms with Crippen LogP contribution in [-0.2, 0) is 4.74 Å². The standard InChI is InChI=1S/C19H22ClN3O/c1-13-10-18(22-19(21-13)14-4-2-5-14)23-8-9-24-17(12-23)15-6-3-7-16(20)11-15/h3,6-7,10-11,14,17H,2,4-5,8-9,12H2,1H3. The molecule has 126 valence electrons. The highest BCUT2D eigenvalue weighted by atomic mass is 35.5. The fraction of sp³-hybridized carbons (Fsp3) is 0.474. The molecule has 4 rings (SSSR count). The fourth-order valence-electron chi connectivity index (χ4n) is 3.35. The first-order chi connectivity index (χ1) is 11.7. The molecule has 5 heteroatoms. The van der Waals surface area contributed by atoms with Crippen molar-refractivity contribution in [2.45, 2.75) is 38.2 Å². The number of aryl methyl sites for hydroxylation is 1. The Morgan fingerprint density at radius 2 is 2.08 bits per heavy atom. The van der Waals surface area contributed by atoms with E-state index >= 15 is 0 Å². The third kappa shape index (κ3) is 3.26. The first-order valence-electron chi connectivity index (χ1n) is 8.66. The van der Waals surface area contributed by atoms with Gasteiger partial charge in [0.05, 0.1) is 6.61 Å². The van der Waals surface area contributed by atoms with E-state index in [1.54, 1.807) is 0 Å². The molecule has 1 unspecified atom stereocenters. The summed E-state index contributed by atoms with van der Waals surface area (Å²) in [4.78, 5) is 11.8. The van der Waals surface area contributed by atoms with Gasteiger partial charge in [0.25, 0.3) is 0 Å². The molecule has 2 heterocycles. The zero-order valence-electron chi connectivity index (χ0n) is 13.9. The van der Waals surface area contributed by atoms with Crippen LogP contribution >= 0.6 is 11.6 Å². The number of hydrogen-bond donors (Lipinski definition) is 0. The molecule has 2 aromatic rings. The number of halogens is 1. The number of aromatic nitrogens is 2. The summed E-state index contributed by atoms with van der Waals surface area (Å²) in [7, 11) is 0. The molecule has 1 aliphatic carbocycles. The van der Waals surface area contributed by atoms with Gasteiger partial charge in [-0.05, 0) is 37.5 Å². The summed E-state index contributed by atoms with van der Waals surface area (Å²) in [6, 6.07) is 10.0. The van der Waals surface area contributed by atoms with E-state index in [-0.39, 0.29) is 6.10 Å². The van der Waals surface area contributed by atoms with Gasteiger partial charge in [-0.2, -0.15) is 0 Å². The monoisotopic (exact) mass is 343 g/mol. The predicted octanol–water partition coefficient (Wildman–Crippen LogP) is 4.28. The third-order valence-electron chi connectivity index (χ3n) is 4.94. The highest BCUT2D eigenvalue weighted by Gasteiger charge is 2.26. The largest absolute Gasteiger partial charge is 0.370 e. The number of rotatable bonds is 3. The van der Waals surface area contributed by atoms with Crippen molar-refractivity contribution in [1.29, 1.82) is 0 Å². The van der Waals surface area contributed by atoms with Crippen LogP contribution in [0.1, 0.15) is 48.4 Å². The van der Waals surface area contributed by atoms with E-state index in [9.17, 15) is 0 Å². The van der Waals surface area contributed by atoms with Gasteiger partial charge < -0.3 is 9.64 Å². The lowest BCUT2D eigenvalue weighted by atomic mass is 9.85.